The lowest BCUT2D eigenvalue weighted by Gasteiger charge is -2.34. The zero-order chi connectivity index (χ0) is 9.52. The molecule has 4 heteroatoms. The van der Waals surface area contributed by atoms with Gasteiger partial charge in [0.1, 0.15) is 0 Å². The highest BCUT2D eigenvalue weighted by molar-refractivity contribution is 4.77. The largest absolute Gasteiger partial charge is 0.330 e. The average molecular weight is 186 g/mol. The number of nitrogens with one attached hydrogen (secondary N) is 1. The lowest BCUT2D eigenvalue weighted by Crippen LogP contribution is -2.49. The van der Waals surface area contributed by atoms with Crippen molar-refractivity contribution in [2.45, 2.75) is 18.9 Å². The molecule has 13 heavy (non-hydrogen) atoms. The predicted molar refractivity (Wildman–Crippen MR) is 55.6 cm³/mol. The molecule has 0 bridgehead atoms. The summed E-state index contributed by atoms with van der Waals surface area (Å²) in [4.78, 5) is 2.51. The van der Waals surface area contributed by atoms with E-state index in [0.29, 0.717) is 6.04 Å². The summed E-state index contributed by atoms with van der Waals surface area (Å²) in [6, 6.07) is 0.608. The molecule has 0 aromatic rings. The van der Waals surface area contributed by atoms with Crippen LogP contribution in [0.2, 0.25) is 0 Å². The van der Waals surface area contributed by atoms with E-state index in [-0.39, 0.29) is 0 Å². The van der Waals surface area contributed by atoms with Crippen molar-refractivity contribution in [1.29, 1.82) is 0 Å². The first kappa shape index (κ1) is 10.9. The molecule has 1 aliphatic rings. The smallest absolute Gasteiger partial charge is 0.0120 e. The van der Waals surface area contributed by atoms with Crippen LogP contribution in [0.3, 0.4) is 0 Å². The van der Waals surface area contributed by atoms with Gasteiger partial charge in [-0.1, -0.05) is 0 Å². The summed E-state index contributed by atoms with van der Waals surface area (Å²) in [6.45, 7) is 6.04. The molecule has 0 saturated carbocycles. The SMILES string of the molecule is NCCC(CCN)N1CCNCC1. The summed E-state index contributed by atoms with van der Waals surface area (Å²) in [6.07, 6.45) is 2.16. The van der Waals surface area contributed by atoms with Crippen LogP contribution in [0.1, 0.15) is 12.8 Å². The fourth-order valence-electron chi connectivity index (χ4n) is 1.94. The van der Waals surface area contributed by atoms with Crippen molar-refractivity contribution in [1.82, 2.24) is 10.2 Å². The minimum Gasteiger partial charge on any atom is -0.330 e. The van der Waals surface area contributed by atoms with Crippen LogP contribution < -0.4 is 16.8 Å². The van der Waals surface area contributed by atoms with Gasteiger partial charge in [0.2, 0.25) is 0 Å². The Morgan fingerprint density at radius 2 is 1.62 bits per heavy atom. The van der Waals surface area contributed by atoms with Gasteiger partial charge >= 0.3 is 0 Å². The van der Waals surface area contributed by atoms with Crippen LogP contribution in [-0.4, -0.2) is 50.2 Å². The molecule has 0 amide bonds. The van der Waals surface area contributed by atoms with Crippen molar-refractivity contribution >= 4 is 0 Å². The van der Waals surface area contributed by atoms with Gasteiger partial charge in [-0.2, -0.15) is 0 Å². The second kappa shape index (κ2) is 6.32. The van der Waals surface area contributed by atoms with Crippen LogP contribution in [0.4, 0.5) is 0 Å². The topological polar surface area (TPSA) is 67.3 Å². The Balaban J connectivity index is 2.32. The van der Waals surface area contributed by atoms with Crippen molar-refractivity contribution in [2.75, 3.05) is 39.3 Å². The minimum absolute atomic E-state index is 0.608. The number of hydrogen-bond donors (Lipinski definition) is 3. The van der Waals surface area contributed by atoms with Crippen LogP contribution in [0.5, 0.6) is 0 Å². The Labute approximate surface area is 80.6 Å². The first-order valence-electron chi connectivity index (χ1n) is 5.23. The van der Waals surface area contributed by atoms with Gasteiger partial charge in [0.25, 0.3) is 0 Å². The van der Waals surface area contributed by atoms with Crippen LogP contribution in [0.15, 0.2) is 0 Å². The molecular formula is C9H22N4. The van der Waals surface area contributed by atoms with Gasteiger partial charge in [-0.25, -0.2) is 0 Å². The molecule has 0 aromatic carbocycles. The van der Waals surface area contributed by atoms with E-state index in [9.17, 15) is 0 Å². The molecule has 0 aromatic heterocycles. The second-order valence-electron chi connectivity index (χ2n) is 3.59. The Morgan fingerprint density at radius 3 is 2.08 bits per heavy atom. The van der Waals surface area contributed by atoms with Gasteiger partial charge in [-0.3, -0.25) is 4.90 Å². The quantitative estimate of drug-likeness (QED) is 0.513. The third-order valence-electron chi connectivity index (χ3n) is 2.67. The van der Waals surface area contributed by atoms with Gasteiger partial charge in [0.15, 0.2) is 0 Å². The van der Waals surface area contributed by atoms with E-state index in [2.05, 4.69) is 10.2 Å². The van der Waals surface area contributed by atoms with Crippen molar-refractivity contribution in [3.05, 3.63) is 0 Å². The van der Waals surface area contributed by atoms with E-state index in [1.165, 1.54) is 0 Å². The molecule has 4 nitrogen and oxygen atoms in total. The van der Waals surface area contributed by atoms with Crippen LogP contribution in [-0.2, 0) is 0 Å². The van der Waals surface area contributed by atoms with Gasteiger partial charge in [-0.05, 0) is 25.9 Å². The molecule has 0 spiro atoms. The highest BCUT2D eigenvalue weighted by atomic mass is 15.2. The van der Waals surface area contributed by atoms with E-state index in [1.54, 1.807) is 0 Å². The van der Waals surface area contributed by atoms with E-state index in [0.717, 1.165) is 52.1 Å². The van der Waals surface area contributed by atoms with E-state index < -0.39 is 0 Å². The average Bonchev–Trinajstić information content (AvgIpc) is 2.19. The summed E-state index contributed by atoms with van der Waals surface area (Å²) in [5.41, 5.74) is 11.2. The molecule has 1 fully saturated rings. The Bertz CT molecular complexity index is 117. The maximum absolute atomic E-state index is 5.58. The van der Waals surface area contributed by atoms with Gasteiger partial charge in [0.05, 0.1) is 0 Å². The maximum atomic E-state index is 5.58. The minimum atomic E-state index is 0.608. The number of nitrogens with two attached hydrogens (primary N) is 2. The fraction of sp³-hybridized carbons (Fsp3) is 1.00. The monoisotopic (exact) mass is 186 g/mol. The van der Waals surface area contributed by atoms with Gasteiger partial charge in [-0.15, -0.1) is 0 Å². The number of nitrogens with zero attached hydrogens (tertiary/aromatic N) is 1. The molecular weight excluding hydrogens is 164 g/mol. The number of hydrogen-bond acceptors (Lipinski definition) is 4. The zero-order valence-corrected chi connectivity index (χ0v) is 8.34. The van der Waals surface area contributed by atoms with Gasteiger partial charge in [0, 0.05) is 32.2 Å². The molecule has 1 saturated heterocycles. The molecule has 0 aliphatic carbocycles. The lowest BCUT2D eigenvalue weighted by molar-refractivity contribution is 0.160. The molecule has 1 heterocycles. The first-order valence-corrected chi connectivity index (χ1v) is 5.23. The molecule has 0 unspecified atom stereocenters. The lowest BCUT2D eigenvalue weighted by atomic mass is 10.1. The third-order valence-corrected chi connectivity index (χ3v) is 2.67. The normalized spacial score (nSPS) is 19.6. The predicted octanol–water partition coefficient (Wildman–Crippen LogP) is -1.04. The standard InChI is InChI=1S/C9H22N4/c10-3-1-9(2-4-11)13-7-5-12-6-8-13/h9,12H,1-8,10-11H2. The van der Waals surface area contributed by atoms with Crippen LogP contribution in [0, 0.1) is 0 Å². The number of piperazine rings is 1. The molecule has 5 N–H and O–H groups in total. The van der Waals surface area contributed by atoms with Crippen molar-refractivity contribution < 1.29 is 0 Å². The maximum Gasteiger partial charge on any atom is 0.0120 e. The van der Waals surface area contributed by atoms with E-state index in [4.69, 9.17) is 11.5 Å². The van der Waals surface area contributed by atoms with Gasteiger partial charge < -0.3 is 16.8 Å². The van der Waals surface area contributed by atoms with Crippen molar-refractivity contribution in [3.63, 3.8) is 0 Å². The molecule has 0 radical (unpaired) electrons. The second-order valence-corrected chi connectivity index (χ2v) is 3.59. The molecule has 0 atom stereocenters. The first-order chi connectivity index (χ1) is 6.38. The van der Waals surface area contributed by atoms with Crippen molar-refractivity contribution in [3.8, 4) is 0 Å². The summed E-state index contributed by atoms with van der Waals surface area (Å²) >= 11 is 0. The summed E-state index contributed by atoms with van der Waals surface area (Å²) in [7, 11) is 0. The summed E-state index contributed by atoms with van der Waals surface area (Å²) in [5.74, 6) is 0. The zero-order valence-electron chi connectivity index (χ0n) is 8.34. The van der Waals surface area contributed by atoms with E-state index in [1.807, 2.05) is 0 Å². The van der Waals surface area contributed by atoms with Crippen LogP contribution >= 0.6 is 0 Å². The van der Waals surface area contributed by atoms with E-state index >= 15 is 0 Å². The molecule has 1 rings (SSSR count). The fourth-order valence-corrected chi connectivity index (χ4v) is 1.94. The Hall–Kier alpha value is -0.160. The Kier molecular flexibility index (Phi) is 5.31. The summed E-state index contributed by atoms with van der Waals surface area (Å²) < 4.78 is 0. The molecule has 78 valence electrons. The molecule has 1 aliphatic heterocycles. The van der Waals surface area contributed by atoms with Crippen molar-refractivity contribution in [2.24, 2.45) is 11.5 Å². The Morgan fingerprint density at radius 1 is 1.08 bits per heavy atom. The van der Waals surface area contributed by atoms with Crippen LogP contribution in [0.25, 0.3) is 0 Å². The summed E-state index contributed by atoms with van der Waals surface area (Å²) in [5, 5.41) is 3.35. The number of rotatable bonds is 5. The highest BCUT2D eigenvalue weighted by Gasteiger charge is 2.18. The highest BCUT2D eigenvalue weighted by Crippen LogP contribution is 2.08. The third kappa shape index (κ3) is 3.60.